The van der Waals surface area contributed by atoms with Gasteiger partial charge in [-0.3, -0.25) is 0 Å². The number of nitrogen functional groups attached to an aromatic ring is 1. The second-order valence-electron chi connectivity index (χ2n) is 4.97. The van der Waals surface area contributed by atoms with Crippen LogP contribution in [0.15, 0.2) is 23.1 Å². The molecule has 1 aliphatic rings. The van der Waals surface area contributed by atoms with Gasteiger partial charge in [0.15, 0.2) is 0 Å². The van der Waals surface area contributed by atoms with Crippen LogP contribution in [0.4, 0.5) is 11.4 Å². The first-order valence-corrected chi connectivity index (χ1v) is 8.04. The number of anilines is 2. The van der Waals surface area contributed by atoms with Crippen molar-refractivity contribution in [3.05, 3.63) is 18.2 Å². The third kappa shape index (κ3) is 2.84. The van der Waals surface area contributed by atoms with E-state index in [2.05, 4.69) is 16.5 Å². The SMILES string of the molecule is CNS(=O)(=O)c1ccc(N)c(N2CCCCC2C)c1. The number of rotatable bonds is 3. The molecule has 19 heavy (non-hydrogen) atoms. The molecule has 0 amide bonds. The number of nitrogens with zero attached hydrogens (tertiary/aromatic N) is 1. The summed E-state index contributed by atoms with van der Waals surface area (Å²) >= 11 is 0. The monoisotopic (exact) mass is 283 g/mol. The molecule has 0 aliphatic carbocycles. The van der Waals surface area contributed by atoms with Gasteiger partial charge in [-0.1, -0.05) is 0 Å². The number of benzene rings is 1. The number of nitrogens with two attached hydrogens (primary N) is 1. The van der Waals surface area contributed by atoms with E-state index in [9.17, 15) is 8.42 Å². The quantitative estimate of drug-likeness (QED) is 0.825. The normalized spacial score (nSPS) is 20.5. The molecule has 1 aliphatic heterocycles. The van der Waals surface area contributed by atoms with Crippen molar-refractivity contribution in [2.45, 2.75) is 37.1 Å². The lowest BCUT2D eigenvalue weighted by Gasteiger charge is -2.36. The number of sulfonamides is 1. The van der Waals surface area contributed by atoms with E-state index in [-0.39, 0.29) is 4.90 Å². The van der Waals surface area contributed by atoms with Crippen molar-refractivity contribution in [1.29, 1.82) is 0 Å². The Morgan fingerprint density at radius 1 is 1.37 bits per heavy atom. The molecule has 1 aromatic carbocycles. The molecule has 1 unspecified atom stereocenters. The molecule has 0 radical (unpaired) electrons. The van der Waals surface area contributed by atoms with Gasteiger partial charge < -0.3 is 10.6 Å². The Kier molecular flexibility index (Phi) is 4.01. The Bertz CT molecular complexity index is 557. The molecule has 3 N–H and O–H groups in total. The van der Waals surface area contributed by atoms with E-state index in [1.165, 1.54) is 13.5 Å². The molecular formula is C13H21N3O2S. The third-order valence-corrected chi connectivity index (χ3v) is 5.11. The van der Waals surface area contributed by atoms with Crippen molar-refractivity contribution in [2.24, 2.45) is 0 Å². The summed E-state index contributed by atoms with van der Waals surface area (Å²) in [7, 11) is -2.01. The zero-order valence-corrected chi connectivity index (χ0v) is 12.2. The van der Waals surface area contributed by atoms with Crippen LogP contribution in [0.25, 0.3) is 0 Å². The van der Waals surface area contributed by atoms with Crippen molar-refractivity contribution < 1.29 is 8.42 Å². The van der Waals surface area contributed by atoms with Gasteiger partial charge in [0.2, 0.25) is 10.0 Å². The second kappa shape index (κ2) is 5.38. The lowest BCUT2D eigenvalue weighted by molar-refractivity contribution is 0.485. The maximum Gasteiger partial charge on any atom is 0.240 e. The highest BCUT2D eigenvalue weighted by Gasteiger charge is 2.22. The molecule has 2 rings (SSSR count). The summed E-state index contributed by atoms with van der Waals surface area (Å²) < 4.78 is 26.0. The summed E-state index contributed by atoms with van der Waals surface area (Å²) in [4.78, 5) is 2.46. The minimum absolute atomic E-state index is 0.261. The average molecular weight is 283 g/mol. The van der Waals surface area contributed by atoms with Crippen molar-refractivity contribution in [3.63, 3.8) is 0 Å². The largest absolute Gasteiger partial charge is 0.397 e. The first kappa shape index (κ1) is 14.1. The van der Waals surface area contributed by atoms with Crippen molar-refractivity contribution in [2.75, 3.05) is 24.2 Å². The van der Waals surface area contributed by atoms with Crippen LogP contribution in [0.5, 0.6) is 0 Å². The predicted octanol–water partition coefficient (Wildman–Crippen LogP) is 1.56. The van der Waals surface area contributed by atoms with Crippen LogP contribution < -0.4 is 15.4 Å². The van der Waals surface area contributed by atoms with Crippen LogP contribution in [0.3, 0.4) is 0 Å². The predicted molar refractivity (Wildman–Crippen MR) is 77.8 cm³/mol. The first-order valence-electron chi connectivity index (χ1n) is 6.55. The molecule has 1 heterocycles. The fourth-order valence-corrected chi connectivity index (χ4v) is 3.26. The molecule has 0 aromatic heterocycles. The summed E-state index contributed by atoms with van der Waals surface area (Å²) in [5.41, 5.74) is 7.46. The summed E-state index contributed by atoms with van der Waals surface area (Å²) in [6, 6.07) is 5.27. The summed E-state index contributed by atoms with van der Waals surface area (Å²) in [5, 5.41) is 0. The third-order valence-electron chi connectivity index (χ3n) is 3.69. The van der Waals surface area contributed by atoms with Crippen molar-refractivity contribution in [1.82, 2.24) is 4.72 Å². The van der Waals surface area contributed by atoms with Gasteiger partial charge >= 0.3 is 0 Å². The molecular weight excluding hydrogens is 262 g/mol. The maximum atomic E-state index is 11.9. The van der Waals surface area contributed by atoms with E-state index < -0.39 is 10.0 Å². The highest BCUT2D eigenvalue weighted by molar-refractivity contribution is 7.89. The van der Waals surface area contributed by atoms with Gasteiger partial charge in [0, 0.05) is 12.6 Å². The van der Waals surface area contributed by atoms with Crippen molar-refractivity contribution in [3.8, 4) is 0 Å². The lowest BCUT2D eigenvalue weighted by Crippen LogP contribution is -2.38. The zero-order chi connectivity index (χ0) is 14.0. The standard InChI is InChI=1S/C13H21N3O2S/c1-10-5-3-4-8-16(10)13-9-11(6-7-12(13)14)19(17,18)15-2/h6-7,9-10,15H,3-5,8,14H2,1-2H3. The van der Waals surface area contributed by atoms with Crippen LogP contribution in [-0.4, -0.2) is 28.1 Å². The van der Waals surface area contributed by atoms with Gasteiger partial charge in [-0.05, 0) is 51.4 Å². The Morgan fingerprint density at radius 3 is 2.74 bits per heavy atom. The van der Waals surface area contributed by atoms with E-state index in [4.69, 9.17) is 5.73 Å². The van der Waals surface area contributed by atoms with Crippen LogP contribution in [0, 0.1) is 0 Å². The maximum absolute atomic E-state index is 11.9. The van der Waals surface area contributed by atoms with Crippen LogP contribution in [0.1, 0.15) is 26.2 Å². The summed E-state index contributed by atoms with van der Waals surface area (Å²) in [6.07, 6.45) is 3.45. The number of piperidine rings is 1. The Hall–Kier alpha value is -1.27. The second-order valence-corrected chi connectivity index (χ2v) is 6.85. The molecule has 1 fully saturated rings. The Morgan fingerprint density at radius 2 is 2.11 bits per heavy atom. The molecule has 5 nitrogen and oxygen atoms in total. The fraction of sp³-hybridized carbons (Fsp3) is 0.538. The minimum atomic E-state index is -3.43. The number of nitrogens with one attached hydrogen (secondary N) is 1. The van der Waals surface area contributed by atoms with E-state index in [0.717, 1.165) is 25.1 Å². The van der Waals surface area contributed by atoms with E-state index >= 15 is 0 Å². The molecule has 0 bridgehead atoms. The molecule has 1 aromatic rings. The molecule has 1 saturated heterocycles. The molecule has 0 spiro atoms. The average Bonchev–Trinajstić information content (AvgIpc) is 2.40. The van der Waals surface area contributed by atoms with Gasteiger partial charge in [-0.25, -0.2) is 13.1 Å². The van der Waals surface area contributed by atoms with Crippen molar-refractivity contribution >= 4 is 21.4 Å². The Balaban J connectivity index is 2.42. The van der Waals surface area contributed by atoms with Crippen LogP contribution in [-0.2, 0) is 10.0 Å². The Labute approximate surface area is 114 Å². The van der Waals surface area contributed by atoms with E-state index in [0.29, 0.717) is 11.7 Å². The van der Waals surface area contributed by atoms with Gasteiger partial charge in [-0.15, -0.1) is 0 Å². The molecule has 0 saturated carbocycles. The van der Waals surface area contributed by atoms with Gasteiger partial charge in [0.25, 0.3) is 0 Å². The highest BCUT2D eigenvalue weighted by atomic mass is 32.2. The van der Waals surface area contributed by atoms with Crippen LogP contribution in [0.2, 0.25) is 0 Å². The summed E-state index contributed by atoms with van der Waals surface area (Å²) in [5.74, 6) is 0. The van der Waals surface area contributed by atoms with Gasteiger partial charge in [0.1, 0.15) is 0 Å². The highest BCUT2D eigenvalue weighted by Crippen LogP contribution is 2.31. The summed E-state index contributed by atoms with van der Waals surface area (Å²) in [6.45, 7) is 3.08. The zero-order valence-electron chi connectivity index (χ0n) is 11.4. The smallest absolute Gasteiger partial charge is 0.240 e. The number of hydrogen-bond acceptors (Lipinski definition) is 4. The van der Waals surface area contributed by atoms with Gasteiger partial charge in [-0.2, -0.15) is 0 Å². The molecule has 6 heteroatoms. The van der Waals surface area contributed by atoms with E-state index in [1.807, 2.05) is 0 Å². The lowest BCUT2D eigenvalue weighted by atomic mass is 10.0. The fourth-order valence-electron chi connectivity index (χ4n) is 2.51. The topological polar surface area (TPSA) is 75.4 Å². The number of hydrogen-bond donors (Lipinski definition) is 2. The van der Waals surface area contributed by atoms with E-state index in [1.54, 1.807) is 18.2 Å². The minimum Gasteiger partial charge on any atom is -0.397 e. The van der Waals surface area contributed by atoms with Crippen LogP contribution >= 0.6 is 0 Å². The molecule has 1 atom stereocenters. The van der Waals surface area contributed by atoms with Gasteiger partial charge in [0.05, 0.1) is 16.3 Å². The first-order chi connectivity index (χ1) is 8.95. The molecule has 106 valence electrons.